The molecule has 0 aliphatic carbocycles. The summed E-state index contributed by atoms with van der Waals surface area (Å²) >= 11 is 3.20. The maximum absolute atomic E-state index is 12.0. The summed E-state index contributed by atoms with van der Waals surface area (Å²) in [7, 11) is 0.398. The number of aromatic nitrogens is 2. The molecule has 0 saturated heterocycles. The van der Waals surface area contributed by atoms with Crippen LogP contribution in [-0.4, -0.2) is 45.1 Å². The molecule has 0 aromatic carbocycles. The molecule has 0 aliphatic rings. The van der Waals surface area contributed by atoms with Crippen LogP contribution in [0, 0.1) is 0 Å². The maximum atomic E-state index is 12.0. The largest absolute Gasteiger partial charge is 0.468 e. The van der Waals surface area contributed by atoms with Crippen LogP contribution in [0.1, 0.15) is 13.3 Å². The fourth-order valence-corrected chi connectivity index (χ4v) is 2.65. The van der Waals surface area contributed by atoms with E-state index in [1.807, 2.05) is 6.92 Å². The second-order valence-corrected chi connectivity index (χ2v) is 6.87. The molecule has 1 aromatic rings. The zero-order chi connectivity index (χ0) is 16.0. The fraction of sp³-hybridized carbons (Fsp3) is 0.583. The number of nitrogens with one attached hydrogen (secondary N) is 1. The van der Waals surface area contributed by atoms with Crippen LogP contribution in [0.25, 0.3) is 0 Å². The van der Waals surface area contributed by atoms with Gasteiger partial charge in [-0.1, -0.05) is 0 Å². The van der Waals surface area contributed by atoms with Gasteiger partial charge in [0, 0.05) is 28.9 Å². The summed E-state index contributed by atoms with van der Waals surface area (Å²) in [5.74, 6) is 0.0366. The molecule has 0 fully saturated rings. The van der Waals surface area contributed by atoms with Gasteiger partial charge in [-0.2, -0.15) is 5.10 Å². The number of esters is 1. The van der Waals surface area contributed by atoms with Crippen molar-refractivity contribution >= 4 is 38.4 Å². The third-order valence-corrected chi connectivity index (χ3v) is 4.31. The van der Waals surface area contributed by atoms with Gasteiger partial charge >= 0.3 is 5.97 Å². The Balaban J connectivity index is 2.82. The molecule has 21 heavy (non-hydrogen) atoms. The highest BCUT2D eigenvalue weighted by Gasteiger charge is 2.13. The van der Waals surface area contributed by atoms with Crippen molar-refractivity contribution in [1.29, 1.82) is 0 Å². The van der Waals surface area contributed by atoms with Gasteiger partial charge in [0.2, 0.25) is 0 Å². The van der Waals surface area contributed by atoms with Gasteiger partial charge in [0.15, 0.2) is 0 Å². The molecule has 2 unspecified atom stereocenters. The van der Waals surface area contributed by atoms with E-state index in [-0.39, 0.29) is 12.6 Å². The van der Waals surface area contributed by atoms with Crippen LogP contribution in [0.5, 0.6) is 0 Å². The molecular formula is C12H18BrN3O4S. The van der Waals surface area contributed by atoms with Gasteiger partial charge in [-0.15, -0.1) is 0 Å². The monoisotopic (exact) mass is 379 g/mol. The molecule has 1 N–H and O–H groups in total. The number of hydrogen-bond donors (Lipinski definition) is 1. The Hall–Kier alpha value is -1.22. The summed E-state index contributed by atoms with van der Waals surface area (Å²) in [6.45, 7) is 1.69. The van der Waals surface area contributed by atoms with Crippen molar-refractivity contribution in [2.45, 2.75) is 25.9 Å². The van der Waals surface area contributed by atoms with E-state index in [9.17, 15) is 13.8 Å². The maximum Gasteiger partial charge on any atom is 0.327 e. The number of hydrogen-bond acceptors (Lipinski definition) is 6. The van der Waals surface area contributed by atoms with Gasteiger partial charge in [-0.05, 0) is 29.3 Å². The fourth-order valence-electron chi connectivity index (χ4n) is 1.55. The van der Waals surface area contributed by atoms with Gasteiger partial charge < -0.3 is 10.1 Å². The van der Waals surface area contributed by atoms with Gasteiger partial charge in [-0.25, -0.2) is 4.68 Å². The minimum atomic E-state index is -0.850. The Morgan fingerprint density at radius 3 is 2.86 bits per heavy atom. The Morgan fingerprint density at radius 2 is 2.29 bits per heavy atom. The first kappa shape index (κ1) is 17.8. The van der Waals surface area contributed by atoms with Crippen molar-refractivity contribution in [3.63, 3.8) is 0 Å². The van der Waals surface area contributed by atoms with Crippen molar-refractivity contribution in [3.05, 3.63) is 21.0 Å². The molecule has 0 amide bonds. The highest BCUT2D eigenvalue weighted by atomic mass is 79.9. The van der Waals surface area contributed by atoms with E-state index >= 15 is 0 Å². The van der Waals surface area contributed by atoms with Crippen molar-refractivity contribution in [2.75, 3.05) is 24.4 Å². The van der Waals surface area contributed by atoms with Crippen molar-refractivity contribution in [1.82, 2.24) is 9.78 Å². The van der Waals surface area contributed by atoms with Crippen molar-refractivity contribution in [3.8, 4) is 0 Å². The van der Waals surface area contributed by atoms with E-state index in [1.165, 1.54) is 13.3 Å². The average molecular weight is 380 g/mol. The molecule has 0 radical (unpaired) electrons. The first-order valence-corrected chi connectivity index (χ1v) is 8.76. The van der Waals surface area contributed by atoms with E-state index in [1.54, 1.807) is 6.26 Å². The van der Waals surface area contributed by atoms with E-state index in [0.717, 1.165) is 4.68 Å². The summed E-state index contributed by atoms with van der Waals surface area (Å²) in [4.78, 5) is 23.2. The summed E-state index contributed by atoms with van der Waals surface area (Å²) < 4.78 is 16.9. The molecule has 0 bridgehead atoms. The molecule has 1 rings (SSSR count). The lowest BCUT2D eigenvalue weighted by atomic mass is 10.2. The highest BCUT2D eigenvalue weighted by Crippen LogP contribution is 2.17. The molecule has 7 nitrogen and oxygen atoms in total. The Bertz CT molecular complexity index is 590. The average Bonchev–Trinajstić information content (AvgIpc) is 2.44. The lowest BCUT2D eigenvalue weighted by Crippen LogP contribution is -2.29. The minimum Gasteiger partial charge on any atom is -0.468 e. The predicted molar refractivity (Wildman–Crippen MR) is 84.8 cm³/mol. The number of ether oxygens (including phenoxy) is 1. The molecule has 0 saturated carbocycles. The summed E-state index contributed by atoms with van der Waals surface area (Å²) in [6.07, 6.45) is 3.83. The number of anilines is 1. The smallest absolute Gasteiger partial charge is 0.327 e. The number of carbonyl (C=O) groups is 1. The number of halogens is 1. The lowest BCUT2D eigenvalue weighted by molar-refractivity contribution is -0.141. The number of carbonyl (C=O) groups excluding carboxylic acids is 1. The number of methoxy groups -OCH3 is 1. The van der Waals surface area contributed by atoms with Crippen LogP contribution >= 0.6 is 15.9 Å². The molecule has 0 aliphatic heterocycles. The summed E-state index contributed by atoms with van der Waals surface area (Å²) in [6, 6.07) is 0.0443. The topological polar surface area (TPSA) is 90.3 Å². The quantitative estimate of drug-likeness (QED) is 0.702. The SMILES string of the molecule is COC(=O)Cn1ncc(NC(C)CCS(C)=O)c(Br)c1=O. The minimum absolute atomic E-state index is 0.0443. The summed E-state index contributed by atoms with van der Waals surface area (Å²) in [5.41, 5.74) is 0.118. The predicted octanol–water partition coefficient (Wildman–Crippen LogP) is 0.748. The highest BCUT2D eigenvalue weighted by molar-refractivity contribution is 9.10. The molecular weight excluding hydrogens is 362 g/mol. The Kier molecular flexibility index (Phi) is 7.03. The van der Waals surface area contributed by atoms with Crippen LogP contribution in [0.3, 0.4) is 0 Å². The molecule has 118 valence electrons. The van der Waals surface area contributed by atoms with Gasteiger partial charge in [0.25, 0.3) is 5.56 Å². The third kappa shape index (κ3) is 5.58. The van der Waals surface area contributed by atoms with Gasteiger partial charge in [-0.3, -0.25) is 13.8 Å². The Morgan fingerprint density at radius 1 is 1.62 bits per heavy atom. The molecule has 2 atom stereocenters. The van der Waals surface area contributed by atoms with E-state index < -0.39 is 22.3 Å². The lowest BCUT2D eigenvalue weighted by Gasteiger charge is -2.16. The second kappa shape index (κ2) is 8.28. The molecule has 0 spiro atoms. The zero-order valence-electron chi connectivity index (χ0n) is 12.1. The molecule has 9 heteroatoms. The first-order valence-electron chi connectivity index (χ1n) is 6.24. The molecule has 1 heterocycles. The van der Waals surface area contributed by atoms with Crippen molar-refractivity contribution in [2.24, 2.45) is 0 Å². The van der Waals surface area contributed by atoms with E-state index in [4.69, 9.17) is 0 Å². The summed E-state index contributed by atoms with van der Waals surface area (Å²) in [5, 5.41) is 7.05. The van der Waals surface area contributed by atoms with Gasteiger partial charge in [0.05, 0.1) is 19.0 Å². The van der Waals surface area contributed by atoms with Crippen LogP contribution in [0.15, 0.2) is 15.5 Å². The van der Waals surface area contributed by atoms with Crippen molar-refractivity contribution < 1.29 is 13.7 Å². The van der Waals surface area contributed by atoms with E-state index in [2.05, 4.69) is 31.1 Å². The normalized spacial score (nSPS) is 13.5. The third-order valence-electron chi connectivity index (χ3n) is 2.73. The number of nitrogens with zero attached hydrogens (tertiary/aromatic N) is 2. The zero-order valence-corrected chi connectivity index (χ0v) is 14.5. The van der Waals surface area contributed by atoms with Crippen LogP contribution in [0.2, 0.25) is 0 Å². The van der Waals surface area contributed by atoms with Crippen LogP contribution in [-0.2, 0) is 26.9 Å². The van der Waals surface area contributed by atoms with Crippen LogP contribution < -0.4 is 10.9 Å². The molecule has 1 aromatic heterocycles. The number of rotatable bonds is 7. The van der Waals surface area contributed by atoms with Gasteiger partial charge in [0.1, 0.15) is 11.0 Å². The second-order valence-electron chi connectivity index (χ2n) is 4.52. The first-order chi connectivity index (χ1) is 9.85. The standard InChI is InChI=1S/C12H18BrN3O4S/c1-8(4-5-21(3)19)15-9-6-14-16(7-10(17)20-2)12(18)11(9)13/h6,8,15H,4-5,7H2,1-3H3. The van der Waals surface area contributed by atoms with Crippen LogP contribution in [0.4, 0.5) is 5.69 Å². The Labute approximate surface area is 133 Å². The van der Waals surface area contributed by atoms with E-state index in [0.29, 0.717) is 22.3 Å².